The molecule has 0 radical (unpaired) electrons. The van der Waals surface area contributed by atoms with Gasteiger partial charge in [0.2, 0.25) is 5.82 Å². The van der Waals surface area contributed by atoms with Crippen molar-refractivity contribution in [2.24, 2.45) is 10.2 Å². The Bertz CT molecular complexity index is 542. The van der Waals surface area contributed by atoms with Crippen molar-refractivity contribution < 1.29 is 14.2 Å². The summed E-state index contributed by atoms with van der Waals surface area (Å²) in [4.78, 5) is 9.61. The highest BCUT2D eigenvalue weighted by atomic mass is 16.6. The molecule has 0 unspecified atom stereocenters. The molecule has 0 N–H and O–H groups in total. The fourth-order valence-electron chi connectivity index (χ4n) is 0.770. The van der Waals surface area contributed by atoms with E-state index in [9.17, 15) is 10.1 Å². The van der Waals surface area contributed by atoms with Gasteiger partial charge in [-0.25, -0.2) is 4.63 Å². The van der Waals surface area contributed by atoms with Crippen LogP contribution in [0.3, 0.4) is 0 Å². The Morgan fingerprint density at radius 1 is 1.12 bits per heavy atom. The van der Waals surface area contributed by atoms with Crippen molar-refractivity contribution in [3.05, 3.63) is 15.8 Å². The van der Waals surface area contributed by atoms with Crippen LogP contribution in [0.4, 0.5) is 17.5 Å². The summed E-state index contributed by atoms with van der Waals surface area (Å²) < 4.78 is 8.50. The van der Waals surface area contributed by atoms with Gasteiger partial charge in [0.1, 0.15) is 5.69 Å². The summed E-state index contributed by atoms with van der Waals surface area (Å²) in [6, 6.07) is 0. The minimum Gasteiger partial charge on any atom is -0.358 e. The topological polar surface area (TPSA) is 146 Å². The van der Waals surface area contributed by atoms with Crippen molar-refractivity contribution in [2.45, 2.75) is 6.92 Å². The summed E-state index contributed by atoms with van der Waals surface area (Å²) in [5.74, 6) is -0.887. The highest BCUT2D eigenvalue weighted by Crippen LogP contribution is 2.24. The highest BCUT2D eigenvalue weighted by molar-refractivity contribution is 5.42. The molecule has 0 saturated heterocycles. The predicted molar refractivity (Wildman–Crippen MR) is 44.2 cm³/mol. The van der Waals surface area contributed by atoms with Crippen molar-refractivity contribution in [2.75, 3.05) is 0 Å². The second-order valence-corrected chi connectivity index (χ2v) is 2.54. The van der Waals surface area contributed by atoms with Gasteiger partial charge in [0.25, 0.3) is 0 Å². The molecule has 2 rings (SSSR count). The normalized spacial score (nSPS) is 11.1. The Hall–Kier alpha value is -2.72. The van der Waals surface area contributed by atoms with Crippen molar-refractivity contribution in [3.63, 3.8) is 0 Å². The average molecular weight is 225 g/mol. The fraction of sp³-hybridized carbons (Fsp3) is 0.200. The third kappa shape index (κ3) is 1.73. The van der Waals surface area contributed by atoms with E-state index >= 15 is 0 Å². The van der Waals surface area contributed by atoms with Crippen LogP contribution in [0.5, 0.6) is 0 Å². The first-order chi connectivity index (χ1) is 7.68. The van der Waals surface area contributed by atoms with Gasteiger partial charge in [-0.05, 0) is 17.0 Å². The summed E-state index contributed by atoms with van der Waals surface area (Å²) >= 11 is 0. The van der Waals surface area contributed by atoms with E-state index in [0.29, 0.717) is 5.69 Å². The van der Waals surface area contributed by atoms with Gasteiger partial charge in [-0.2, -0.15) is 0 Å². The third-order valence-corrected chi connectivity index (χ3v) is 1.50. The zero-order valence-electron chi connectivity index (χ0n) is 7.76. The zero-order chi connectivity index (χ0) is 11.5. The quantitative estimate of drug-likeness (QED) is 0.428. The number of nitrogens with zero attached hydrogens (tertiary/aromatic N) is 7. The minimum absolute atomic E-state index is 0.0947. The molecule has 0 aliphatic rings. The van der Waals surface area contributed by atoms with Crippen molar-refractivity contribution in [1.82, 2.24) is 20.6 Å². The number of hydrogen-bond acceptors (Lipinski definition) is 10. The first-order valence-corrected chi connectivity index (χ1v) is 3.86. The van der Waals surface area contributed by atoms with Crippen molar-refractivity contribution in [1.29, 1.82) is 0 Å². The standard InChI is InChI=1S/C5H3N7O4/c1-2-3(9-15-8-2)6-7-4-5(12(13)14)11-16-10-4/h1H3. The van der Waals surface area contributed by atoms with E-state index in [0.717, 1.165) is 0 Å². The molecule has 0 spiro atoms. The van der Waals surface area contributed by atoms with E-state index in [1.165, 1.54) is 0 Å². The molecule has 2 heterocycles. The highest BCUT2D eigenvalue weighted by Gasteiger charge is 2.22. The number of rotatable bonds is 3. The molecule has 11 nitrogen and oxygen atoms in total. The van der Waals surface area contributed by atoms with E-state index in [1.807, 2.05) is 0 Å². The summed E-state index contributed by atoms with van der Waals surface area (Å²) in [6.07, 6.45) is 0. The van der Waals surface area contributed by atoms with Gasteiger partial charge in [0.15, 0.2) is 5.16 Å². The molecule has 0 aliphatic heterocycles. The monoisotopic (exact) mass is 225 g/mol. The molecule has 0 fully saturated rings. The van der Waals surface area contributed by atoms with Crippen LogP contribution >= 0.6 is 0 Å². The van der Waals surface area contributed by atoms with Gasteiger partial charge in [-0.15, -0.1) is 14.9 Å². The first-order valence-electron chi connectivity index (χ1n) is 3.86. The summed E-state index contributed by atoms with van der Waals surface area (Å²) in [5, 5.41) is 30.5. The molecule has 11 heteroatoms. The molecular formula is C5H3N7O4. The maximum atomic E-state index is 10.4. The molecule has 0 atom stereocenters. The van der Waals surface area contributed by atoms with E-state index in [2.05, 4.69) is 40.1 Å². The number of aromatic nitrogens is 4. The molecule has 82 valence electrons. The zero-order valence-corrected chi connectivity index (χ0v) is 7.76. The molecule has 0 aromatic carbocycles. The van der Waals surface area contributed by atoms with Gasteiger partial charge in [-0.1, -0.05) is 5.16 Å². The maximum Gasteiger partial charge on any atom is 0.462 e. The lowest BCUT2D eigenvalue weighted by molar-refractivity contribution is -0.390. The Balaban J connectivity index is 2.27. The molecular weight excluding hydrogens is 222 g/mol. The van der Waals surface area contributed by atoms with Crippen LogP contribution in [-0.2, 0) is 0 Å². The Morgan fingerprint density at radius 3 is 2.38 bits per heavy atom. The lowest BCUT2D eigenvalue weighted by atomic mass is 10.5. The average Bonchev–Trinajstić information content (AvgIpc) is 2.83. The van der Waals surface area contributed by atoms with Crippen molar-refractivity contribution >= 4 is 17.5 Å². The van der Waals surface area contributed by atoms with Gasteiger partial charge >= 0.3 is 11.6 Å². The summed E-state index contributed by atoms with van der Waals surface area (Å²) in [7, 11) is 0. The van der Waals surface area contributed by atoms with Crippen LogP contribution < -0.4 is 0 Å². The van der Waals surface area contributed by atoms with Crippen LogP contribution in [0.15, 0.2) is 19.5 Å². The van der Waals surface area contributed by atoms with E-state index in [1.54, 1.807) is 6.92 Å². The van der Waals surface area contributed by atoms with Gasteiger partial charge < -0.3 is 10.1 Å². The Labute approximate surface area is 86.2 Å². The molecule has 16 heavy (non-hydrogen) atoms. The second kappa shape index (κ2) is 3.80. The lowest BCUT2D eigenvalue weighted by Gasteiger charge is -1.84. The Morgan fingerprint density at radius 2 is 1.75 bits per heavy atom. The van der Waals surface area contributed by atoms with E-state index in [4.69, 9.17) is 0 Å². The molecule has 0 saturated carbocycles. The summed E-state index contributed by atoms with van der Waals surface area (Å²) in [6.45, 7) is 1.58. The van der Waals surface area contributed by atoms with E-state index in [-0.39, 0.29) is 11.6 Å². The molecule has 0 amide bonds. The van der Waals surface area contributed by atoms with Gasteiger partial charge in [-0.3, -0.25) is 0 Å². The summed E-state index contributed by atoms with van der Waals surface area (Å²) in [5.41, 5.74) is 0.392. The number of aryl methyl sites for hydroxylation is 1. The Kier molecular flexibility index (Phi) is 2.33. The molecule has 0 bridgehead atoms. The van der Waals surface area contributed by atoms with Crippen LogP contribution in [0, 0.1) is 17.0 Å². The van der Waals surface area contributed by atoms with Crippen LogP contribution in [0.25, 0.3) is 0 Å². The smallest absolute Gasteiger partial charge is 0.358 e. The number of hydrogen-bond donors (Lipinski definition) is 0. The van der Waals surface area contributed by atoms with Gasteiger partial charge in [0, 0.05) is 5.16 Å². The second-order valence-electron chi connectivity index (χ2n) is 2.54. The largest absolute Gasteiger partial charge is 0.462 e. The molecule has 2 aromatic rings. The molecule has 0 aliphatic carbocycles. The fourth-order valence-corrected chi connectivity index (χ4v) is 0.770. The minimum atomic E-state index is -0.793. The van der Waals surface area contributed by atoms with Crippen LogP contribution in [-0.4, -0.2) is 25.5 Å². The van der Waals surface area contributed by atoms with Gasteiger partial charge in [0.05, 0.1) is 0 Å². The third-order valence-electron chi connectivity index (χ3n) is 1.50. The van der Waals surface area contributed by atoms with Crippen LogP contribution in [0.2, 0.25) is 0 Å². The lowest BCUT2D eigenvalue weighted by Crippen LogP contribution is -1.87. The van der Waals surface area contributed by atoms with Crippen molar-refractivity contribution in [3.8, 4) is 0 Å². The molecule has 2 aromatic heterocycles. The predicted octanol–water partition coefficient (Wildman–Crippen LogP) is 1.08. The SMILES string of the molecule is Cc1nonc1N=Nc1nonc1[N+](=O)[O-]. The number of azo groups is 1. The van der Waals surface area contributed by atoms with Crippen LogP contribution in [0.1, 0.15) is 5.69 Å². The first kappa shape index (κ1) is 9.82. The number of nitro groups is 1. The van der Waals surface area contributed by atoms with E-state index < -0.39 is 10.7 Å². The maximum absolute atomic E-state index is 10.4.